The van der Waals surface area contributed by atoms with Gasteiger partial charge in [-0.1, -0.05) is 12.1 Å². The van der Waals surface area contributed by atoms with Crippen LogP contribution in [0.4, 0.5) is 0 Å². The van der Waals surface area contributed by atoms with Crippen LogP contribution in [0.25, 0.3) is 0 Å². The molecule has 17 heavy (non-hydrogen) atoms. The summed E-state index contributed by atoms with van der Waals surface area (Å²) in [5.74, 6) is 2.05. The molecule has 0 bridgehead atoms. The summed E-state index contributed by atoms with van der Waals surface area (Å²) in [5, 5.41) is 12.7. The van der Waals surface area contributed by atoms with Crippen LogP contribution < -0.4 is 14.8 Å². The Labute approximate surface area is 102 Å². The van der Waals surface area contributed by atoms with Gasteiger partial charge in [-0.05, 0) is 6.07 Å². The van der Waals surface area contributed by atoms with Crippen molar-refractivity contribution >= 4 is 0 Å². The number of ether oxygens (including phenoxy) is 2. The molecule has 1 aliphatic rings. The van der Waals surface area contributed by atoms with Crippen molar-refractivity contribution in [3.8, 4) is 11.5 Å². The van der Waals surface area contributed by atoms with Crippen molar-refractivity contribution in [2.24, 2.45) is 5.92 Å². The van der Waals surface area contributed by atoms with Crippen LogP contribution in [0.5, 0.6) is 11.5 Å². The lowest BCUT2D eigenvalue weighted by atomic mass is 9.88. The van der Waals surface area contributed by atoms with Crippen LogP contribution in [0.2, 0.25) is 0 Å². The zero-order valence-electron chi connectivity index (χ0n) is 10.3. The fraction of sp³-hybridized carbons (Fsp3) is 0.538. The van der Waals surface area contributed by atoms with Crippen LogP contribution >= 0.6 is 0 Å². The van der Waals surface area contributed by atoms with Gasteiger partial charge in [0.15, 0.2) is 11.5 Å². The van der Waals surface area contributed by atoms with Crippen LogP contribution in [0.3, 0.4) is 0 Å². The number of aliphatic hydroxyl groups is 1. The van der Waals surface area contributed by atoms with Gasteiger partial charge in [-0.3, -0.25) is 0 Å². The molecule has 4 nitrogen and oxygen atoms in total. The van der Waals surface area contributed by atoms with Crippen molar-refractivity contribution in [2.75, 3.05) is 33.9 Å². The Bertz CT molecular complexity index is 381. The second kappa shape index (κ2) is 5.38. The standard InChI is InChI=1S/C13H19NO3/c1-16-12-5-3-4-10(13(12)17-2)11-7-14-6-9(11)8-15/h3-5,9,11,14-15H,6-8H2,1-2H3/t9-,11+/m0/s1. The summed E-state index contributed by atoms with van der Waals surface area (Å²) >= 11 is 0. The molecule has 0 spiro atoms. The lowest BCUT2D eigenvalue weighted by Gasteiger charge is -2.20. The van der Waals surface area contributed by atoms with Gasteiger partial charge in [-0.15, -0.1) is 0 Å². The maximum atomic E-state index is 9.38. The summed E-state index contributed by atoms with van der Waals surface area (Å²) in [5.41, 5.74) is 1.11. The number of benzene rings is 1. The largest absolute Gasteiger partial charge is 0.493 e. The minimum Gasteiger partial charge on any atom is -0.493 e. The molecule has 1 aliphatic heterocycles. The van der Waals surface area contributed by atoms with Crippen LogP contribution in [-0.2, 0) is 0 Å². The molecule has 0 aromatic heterocycles. The van der Waals surface area contributed by atoms with E-state index in [1.807, 2.05) is 18.2 Å². The highest BCUT2D eigenvalue weighted by molar-refractivity contribution is 5.49. The number of hydrogen-bond acceptors (Lipinski definition) is 4. The van der Waals surface area contributed by atoms with Crippen molar-refractivity contribution in [3.05, 3.63) is 23.8 Å². The van der Waals surface area contributed by atoms with E-state index in [1.165, 1.54) is 0 Å². The van der Waals surface area contributed by atoms with E-state index in [-0.39, 0.29) is 18.4 Å². The van der Waals surface area contributed by atoms with Gasteiger partial charge in [0.25, 0.3) is 0 Å². The Hall–Kier alpha value is -1.26. The van der Waals surface area contributed by atoms with Crippen LogP contribution in [-0.4, -0.2) is 39.0 Å². The van der Waals surface area contributed by atoms with Crippen molar-refractivity contribution < 1.29 is 14.6 Å². The van der Waals surface area contributed by atoms with Crippen LogP contribution in [0.1, 0.15) is 11.5 Å². The molecule has 94 valence electrons. The predicted octanol–water partition coefficient (Wildman–Crippen LogP) is 0.999. The van der Waals surface area contributed by atoms with Gasteiger partial charge >= 0.3 is 0 Å². The first-order valence-corrected chi connectivity index (χ1v) is 5.84. The van der Waals surface area contributed by atoms with Gasteiger partial charge in [0.05, 0.1) is 14.2 Å². The summed E-state index contributed by atoms with van der Waals surface area (Å²) < 4.78 is 10.7. The highest BCUT2D eigenvalue weighted by atomic mass is 16.5. The maximum Gasteiger partial charge on any atom is 0.164 e. The van der Waals surface area contributed by atoms with Crippen molar-refractivity contribution in [2.45, 2.75) is 5.92 Å². The van der Waals surface area contributed by atoms with E-state index >= 15 is 0 Å². The van der Waals surface area contributed by atoms with Gasteiger partial charge in [-0.2, -0.15) is 0 Å². The number of nitrogens with one attached hydrogen (secondary N) is 1. The highest BCUT2D eigenvalue weighted by Crippen LogP contribution is 2.39. The molecule has 1 aromatic rings. The van der Waals surface area contributed by atoms with Gasteiger partial charge in [0, 0.05) is 37.1 Å². The Balaban J connectivity index is 2.37. The SMILES string of the molecule is COc1cccc([C@@H]2CNC[C@H]2CO)c1OC. The normalized spacial score (nSPS) is 23.7. The number of rotatable bonds is 4. The van der Waals surface area contributed by atoms with Gasteiger partial charge in [0.2, 0.25) is 0 Å². The Morgan fingerprint density at radius 3 is 2.76 bits per heavy atom. The van der Waals surface area contributed by atoms with Gasteiger partial charge < -0.3 is 19.9 Å². The van der Waals surface area contributed by atoms with Gasteiger partial charge in [0.1, 0.15) is 0 Å². The predicted molar refractivity (Wildman–Crippen MR) is 65.7 cm³/mol. The van der Waals surface area contributed by atoms with E-state index < -0.39 is 0 Å². The van der Waals surface area contributed by atoms with E-state index in [2.05, 4.69) is 5.32 Å². The molecule has 0 amide bonds. The molecule has 1 aromatic carbocycles. The first-order chi connectivity index (χ1) is 8.31. The summed E-state index contributed by atoms with van der Waals surface area (Å²) in [6.45, 7) is 1.91. The molecule has 0 aliphatic carbocycles. The quantitative estimate of drug-likeness (QED) is 0.820. The Kier molecular flexibility index (Phi) is 3.86. The second-order valence-electron chi connectivity index (χ2n) is 4.29. The first-order valence-electron chi connectivity index (χ1n) is 5.84. The minimum absolute atomic E-state index is 0.192. The summed E-state index contributed by atoms with van der Waals surface area (Å²) in [6.07, 6.45) is 0. The molecule has 1 heterocycles. The molecule has 1 fully saturated rings. The zero-order valence-corrected chi connectivity index (χ0v) is 10.3. The highest BCUT2D eigenvalue weighted by Gasteiger charge is 2.30. The first kappa shape index (κ1) is 12.2. The molecule has 0 saturated carbocycles. The van der Waals surface area contributed by atoms with E-state index in [0.717, 1.165) is 30.2 Å². The van der Waals surface area contributed by atoms with Crippen LogP contribution in [0, 0.1) is 5.92 Å². The third kappa shape index (κ3) is 2.23. The Morgan fingerprint density at radius 1 is 1.29 bits per heavy atom. The van der Waals surface area contributed by atoms with Gasteiger partial charge in [-0.25, -0.2) is 0 Å². The number of hydrogen-bond donors (Lipinski definition) is 2. The summed E-state index contributed by atoms with van der Waals surface area (Å²) in [4.78, 5) is 0. The Morgan fingerprint density at radius 2 is 2.12 bits per heavy atom. The number of aliphatic hydroxyl groups excluding tert-OH is 1. The zero-order chi connectivity index (χ0) is 12.3. The fourth-order valence-corrected chi connectivity index (χ4v) is 2.49. The lowest BCUT2D eigenvalue weighted by molar-refractivity contribution is 0.224. The molecule has 0 radical (unpaired) electrons. The van der Waals surface area contributed by atoms with Crippen molar-refractivity contribution in [3.63, 3.8) is 0 Å². The van der Waals surface area contributed by atoms with Crippen molar-refractivity contribution in [1.82, 2.24) is 5.32 Å². The van der Waals surface area contributed by atoms with Crippen LogP contribution in [0.15, 0.2) is 18.2 Å². The van der Waals surface area contributed by atoms with E-state index in [9.17, 15) is 5.11 Å². The smallest absolute Gasteiger partial charge is 0.164 e. The average Bonchev–Trinajstić information content (AvgIpc) is 2.85. The number of para-hydroxylation sites is 1. The van der Waals surface area contributed by atoms with Crippen molar-refractivity contribution in [1.29, 1.82) is 0 Å². The lowest BCUT2D eigenvalue weighted by Crippen LogP contribution is -2.15. The van der Waals surface area contributed by atoms with E-state index in [4.69, 9.17) is 9.47 Å². The molecule has 4 heteroatoms. The molecular formula is C13H19NO3. The molecule has 2 atom stereocenters. The number of methoxy groups -OCH3 is 2. The molecule has 2 rings (SSSR count). The maximum absolute atomic E-state index is 9.38. The monoisotopic (exact) mass is 237 g/mol. The minimum atomic E-state index is 0.192. The molecule has 2 N–H and O–H groups in total. The third-order valence-electron chi connectivity index (χ3n) is 3.41. The van der Waals surface area contributed by atoms with E-state index in [0.29, 0.717) is 0 Å². The topological polar surface area (TPSA) is 50.7 Å². The average molecular weight is 237 g/mol. The molecular weight excluding hydrogens is 218 g/mol. The molecule has 0 unspecified atom stereocenters. The summed E-state index contributed by atoms with van der Waals surface area (Å²) in [6, 6.07) is 5.89. The summed E-state index contributed by atoms with van der Waals surface area (Å²) in [7, 11) is 3.29. The van der Waals surface area contributed by atoms with E-state index in [1.54, 1.807) is 14.2 Å². The fourth-order valence-electron chi connectivity index (χ4n) is 2.49. The molecule has 1 saturated heterocycles. The third-order valence-corrected chi connectivity index (χ3v) is 3.41. The second-order valence-corrected chi connectivity index (χ2v) is 4.29.